The predicted molar refractivity (Wildman–Crippen MR) is 155 cm³/mol. The first-order chi connectivity index (χ1) is 20.0. The number of nitrogens with two attached hydrogens (primary N) is 4. The normalized spacial score (nSPS) is 16.8. The predicted octanol–water partition coefficient (Wildman–Crippen LogP) is -1.60. The third kappa shape index (κ3) is 8.67. The number of aliphatic imine (C=N–C) groups is 1. The Labute approximate surface area is 242 Å². The SMILES string of the molecule is NC(=O)CCC(N)C(=O)N1CCCC1C(=O)NC(Cc1c[nH]c2ccccc12)C(=O)NC(CCCN=C(N)N)C(=O)O. The Kier molecular flexibility index (Phi) is 11.2. The summed E-state index contributed by atoms with van der Waals surface area (Å²) < 4.78 is 0. The number of aromatic nitrogens is 1. The Morgan fingerprint density at radius 1 is 1.07 bits per heavy atom. The van der Waals surface area contributed by atoms with Crippen LogP contribution in [0.3, 0.4) is 0 Å². The fourth-order valence-electron chi connectivity index (χ4n) is 4.97. The molecule has 4 amide bonds. The van der Waals surface area contributed by atoms with Gasteiger partial charge in [-0.15, -0.1) is 0 Å². The molecule has 0 saturated carbocycles. The topological polar surface area (TPSA) is 265 Å². The maximum absolute atomic E-state index is 13.5. The zero-order valence-electron chi connectivity index (χ0n) is 23.3. The molecular formula is C27H39N9O6. The highest BCUT2D eigenvalue weighted by Crippen LogP contribution is 2.22. The molecule has 12 N–H and O–H groups in total. The number of carbonyl (C=O) groups excluding carboxylic acids is 4. The van der Waals surface area contributed by atoms with Gasteiger partial charge in [0.1, 0.15) is 18.1 Å². The number of carbonyl (C=O) groups is 5. The highest BCUT2D eigenvalue weighted by molar-refractivity contribution is 5.95. The van der Waals surface area contributed by atoms with Gasteiger partial charge in [-0.1, -0.05) is 18.2 Å². The third-order valence-corrected chi connectivity index (χ3v) is 7.15. The molecule has 0 aliphatic carbocycles. The van der Waals surface area contributed by atoms with E-state index in [1.165, 1.54) is 4.90 Å². The maximum Gasteiger partial charge on any atom is 0.326 e. The van der Waals surface area contributed by atoms with Crippen LogP contribution in [0.2, 0.25) is 0 Å². The van der Waals surface area contributed by atoms with E-state index in [1.807, 2.05) is 24.3 Å². The van der Waals surface area contributed by atoms with Crippen molar-refractivity contribution in [3.05, 3.63) is 36.0 Å². The molecule has 0 radical (unpaired) electrons. The van der Waals surface area contributed by atoms with Gasteiger partial charge in [-0.3, -0.25) is 24.2 Å². The molecule has 1 fully saturated rings. The van der Waals surface area contributed by atoms with Crippen LogP contribution < -0.4 is 33.6 Å². The van der Waals surface area contributed by atoms with Gasteiger partial charge in [0.05, 0.1) is 6.04 Å². The molecule has 1 saturated heterocycles. The van der Waals surface area contributed by atoms with E-state index >= 15 is 0 Å². The van der Waals surface area contributed by atoms with Crippen molar-refractivity contribution in [1.82, 2.24) is 20.5 Å². The molecule has 1 aromatic carbocycles. The summed E-state index contributed by atoms with van der Waals surface area (Å²) in [6, 6.07) is 3.14. The van der Waals surface area contributed by atoms with E-state index in [4.69, 9.17) is 22.9 Å². The van der Waals surface area contributed by atoms with E-state index in [0.717, 1.165) is 16.5 Å². The van der Waals surface area contributed by atoms with Crippen LogP contribution in [-0.4, -0.2) is 87.8 Å². The van der Waals surface area contributed by atoms with Crippen molar-refractivity contribution >= 4 is 46.5 Å². The second-order valence-corrected chi connectivity index (χ2v) is 10.3. The van der Waals surface area contributed by atoms with Crippen molar-refractivity contribution < 1.29 is 29.1 Å². The molecular weight excluding hydrogens is 546 g/mol. The maximum atomic E-state index is 13.5. The van der Waals surface area contributed by atoms with Gasteiger partial charge in [0.15, 0.2) is 5.96 Å². The second kappa shape index (κ2) is 14.8. The molecule has 228 valence electrons. The number of likely N-dealkylation sites (tertiary alicyclic amines) is 1. The van der Waals surface area contributed by atoms with Gasteiger partial charge in [-0.25, -0.2) is 4.79 Å². The molecule has 0 spiro atoms. The fraction of sp³-hybridized carbons (Fsp3) is 0.481. The number of H-pyrrole nitrogens is 1. The zero-order valence-corrected chi connectivity index (χ0v) is 23.3. The van der Waals surface area contributed by atoms with Crippen molar-refractivity contribution in [2.24, 2.45) is 27.9 Å². The van der Waals surface area contributed by atoms with Crippen molar-refractivity contribution in [3.63, 3.8) is 0 Å². The first-order valence-corrected chi connectivity index (χ1v) is 13.8. The Morgan fingerprint density at radius 2 is 1.81 bits per heavy atom. The van der Waals surface area contributed by atoms with Crippen LogP contribution in [0, 0.1) is 0 Å². The number of primary amides is 1. The summed E-state index contributed by atoms with van der Waals surface area (Å²) in [6.45, 7) is 0.474. The number of rotatable bonds is 15. The van der Waals surface area contributed by atoms with Crippen molar-refractivity contribution in [3.8, 4) is 0 Å². The van der Waals surface area contributed by atoms with Crippen molar-refractivity contribution in [2.75, 3.05) is 13.1 Å². The number of nitrogens with zero attached hydrogens (tertiary/aromatic N) is 2. The summed E-state index contributed by atoms with van der Waals surface area (Å²) in [5.74, 6) is -3.71. The van der Waals surface area contributed by atoms with E-state index in [2.05, 4.69) is 20.6 Å². The van der Waals surface area contributed by atoms with Crippen LogP contribution in [0.15, 0.2) is 35.5 Å². The van der Waals surface area contributed by atoms with E-state index in [9.17, 15) is 29.1 Å². The van der Waals surface area contributed by atoms with Crippen LogP contribution in [0.1, 0.15) is 44.1 Å². The highest BCUT2D eigenvalue weighted by Gasteiger charge is 2.38. The number of aromatic amines is 1. The number of carboxylic acid groups (broad SMARTS) is 1. The second-order valence-electron chi connectivity index (χ2n) is 10.3. The first kappa shape index (κ1) is 31.9. The number of benzene rings is 1. The fourth-order valence-corrected chi connectivity index (χ4v) is 4.97. The Hall–Kier alpha value is -4.66. The van der Waals surface area contributed by atoms with Gasteiger partial charge < -0.3 is 48.6 Å². The minimum absolute atomic E-state index is 0.0460. The smallest absolute Gasteiger partial charge is 0.326 e. The number of aliphatic carboxylic acids is 1. The number of hydrogen-bond donors (Lipinski definition) is 8. The van der Waals surface area contributed by atoms with Gasteiger partial charge in [0.25, 0.3) is 0 Å². The van der Waals surface area contributed by atoms with Crippen LogP contribution in [0.25, 0.3) is 10.9 Å². The Bertz CT molecular complexity index is 1320. The lowest BCUT2D eigenvalue weighted by Crippen LogP contribution is -2.57. The number of fused-ring (bicyclic) bond motifs is 1. The van der Waals surface area contributed by atoms with E-state index in [1.54, 1.807) is 6.20 Å². The van der Waals surface area contributed by atoms with Crippen LogP contribution in [0.5, 0.6) is 0 Å². The molecule has 1 aliphatic heterocycles. The zero-order chi connectivity index (χ0) is 30.8. The summed E-state index contributed by atoms with van der Waals surface area (Å²) in [4.78, 5) is 71.3. The lowest BCUT2D eigenvalue weighted by molar-refractivity contribution is -0.143. The standard InChI is InChI=1S/C27H39N9O6/c28-17(9-10-22(29)37)25(40)36-12-4-8-21(36)24(39)35-20(13-15-14-33-18-6-2-1-5-16(15)18)23(38)34-19(26(41)42)7-3-11-32-27(30)31/h1-2,5-6,14,17,19-21,33H,3-4,7-13,28H2,(H2,29,37)(H,34,38)(H,35,39)(H,41,42)(H4,30,31,32). The van der Waals surface area contributed by atoms with Crippen LogP contribution in [-0.2, 0) is 30.4 Å². The molecule has 15 heteroatoms. The lowest BCUT2D eigenvalue weighted by Gasteiger charge is -2.28. The molecule has 1 aliphatic rings. The summed E-state index contributed by atoms with van der Waals surface area (Å²) in [5.41, 5.74) is 23.3. The summed E-state index contributed by atoms with van der Waals surface area (Å²) in [5, 5.41) is 15.8. The molecule has 4 unspecified atom stereocenters. The minimum Gasteiger partial charge on any atom is -0.480 e. The number of amides is 4. The van der Waals surface area contributed by atoms with E-state index < -0.39 is 53.8 Å². The van der Waals surface area contributed by atoms with Crippen molar-refractivity contribution in [1.29, 1.82) is 0 Å². The highest BCUT2D eigenvalue weighted by atomic mass is 16.4. The molecule has 2 aromatic rings. The summed E-state index contributed by atoms with van der Waals surface area (Å²) in [7, 11) is 0. The van der Waals surface area contributed by atoms with Crippen LogP contribution in [0.4, 0.5) is 0 Å². The minimum atomic E-state index is -1.25. The Balaban J connectivity index is 1.78. The monoisotopic (exact) mass is 585 g/mol. The quantitative estimate of drug-likeness (QED) is 0.0678. The average molecular weight is 586 g/mol. The number of hydrogen-bond acceptors (Lipinski definition) is 7. The van der Waals surface area contributed by atoms with Gasteiger partial charge in [-0.05, 0) is 43.7 Å². The van der Waals surface area contributed by atoms with Gasteiger partial charge in [0.2, 0.25) is 23.6 Å². The largest absolute Gasteiger partial charge is 0.480 e. The lowest BCUT2D eigenvalue weighted by atomic mass is 10.0. The molecule has 4 atom stereocenters. The number of nitrogens with one attached hydrogen (secondary N) is 3. The molecule has 2 heterocycles. The molecule has 3 rings (SSSR count). The number of guanidine groups is 1. The summed E-state index contributed by atoms with van der Waals surface area (Å²) >= 11 is 0. The third-order valence-electron chi connectivity index (χ3n) is 7.15. The van der Waals surface area contributed by atoms with Crippen molar-refractivity contribution in [2.45, 2.75) is 69.1 Å². The van der Waals surface area contributed by atoms with E-state index in [-0.39, 0.29) is 44.7 Å². The Morgan fingerprint density at radius 3 is 2.50 bits per heavy atom. The average Bonchev–Trinajstić information content (AvgIpc) is 3.60. The summed E-state index contributed by atoms with van der Waals surface area (Å²) in [6.07, 6.45) is 3.01. The van der Waals surface area contributed by atoms with E-state index in [0.29, 0.717) is 19.3 Å². The van der Waals surface area contributed by atoms with Gasteiger partial charge in [0, 0.05) is 43.0 Å². The van der Waals surface area contributed by atoms with Crippen LogP contribution >= 0.6 is 0 Å². The number of para-hydroxylation sites is 1. The first-order valence-electron chi connectivity index (χ1n) is 13.8. The molecule has 15 nitrogen and oxygen atoms in total. The molecule has 0 bridgehead atoms. The number of carboxylic acids is 1. The molecule has 1 aromatic heterocycles. The van der Waals surface area contributed by atoms with Gasteiger partial charge >= 0.3 is 5.97 Å². The van der Waals surface area contributed by atoms with Gasteiger partial charge in [-0.2, -0.15) is 0 Å². The molecule has 42 heavy (non-hydrogen) atoms.